The Morgan fingerprint density at radius 3 is 2.40 bits per heavy atom. The van der Waals surface area contributed by atoms with Gasteiger partial charge in [0, 0.05) is 49.8 Å². The van der Waals surface area contributed by atoms with Crippen molar-refractivity contribution in [2.75, 3.05) is 33.2 Å². The number of aliphatic hydroxyl groups is 2. The number of carbonyl (C=O) groups excluding carboxylic acids is 1. The maximum atomic E-state index is 15.3. The summed E-state index contributed by atoms with van der Waals surface area (Å²) in [6, 6.07) is 17.3. The van der Waals surface area contributed by atoms with Gasteiger partial charge in [-0.05, 0) is 111 Å². The van der Waals surface area contributed by atoms with Crippen molar-refractivity contribution in [2.45, 2.75) is 161 Å². The van der Waals surface area contributed by atoms with Crippen LogP contribution in [0.1, 0.15) is 151 Å². The van der Waals surface area contributed by atoms with E-state index in [1.165, 1.54) is 38.5 Å². The van der Waals surface area contributed by atoms with Gasteiger partial charge in [-0.3, -0.25) is 9.78 Å². The molecule has 12 heteroatoms. The number of aryl methyl sites for hydroxylation is 1. The first kappa shape index (κ1) is 51.0. The van der Waals surface area contributed by atoms with Crippen LogP contribution in [0, 0.1) is 24.7 Å². The zero-order valence-corrected chi connectivity index (χ0v) is 41.0. The number of carbonyl (C=O) groups is 1. The largest absolute Gasteiger partial charge is 0.487 e. The normalized spacial score (nSPS) is 22.8. The maximum Gasteiger partial charge on any atom is 0.239 e. The number of aromatic nitrogens is 1. The smallest absolute Gasteiger partial charge is 0.239 e. The summed E-state index contributed by atoms with van der Waals surface area (Å²) in [7, 11) is 0. The zero-order valence-electron chi connectivity index (χ0n) is 41.0. The van der Waals surface area contributed by atoms with Gasteiger partial charge in [0.2, 0.25) is 18.5 Å². The first-order chi connectivity index (χ1) is 33.3. The first-order valence-electron chi connectivity index (χ1n) is 25.8. The van der Waals surface area contributed by atoms with Gasteiger partial charge in [0.15, 0.2) is 11.5 Å². The van der Waals surface area contributed by atoms with Crippen molar-refractivity contribution < 1.29 is 43.5 Å². The predicted octanol–water partition coefficient (Wildman–Crippen LogP) is 11.3. The molecule has 2 aromatic carbocycles. The summed E-state index contributed by atoms with van der Waals surface area (Å²) in [5.74, 6) is 0.989. The molecule has 370 valence electrons. The molecule has 6 atom stereocenters. The van der Waals surface area contributed by atoms with Crippen LogP contribution in [0.3, 0.4) is 0 Å². The van der Waals surface area contributed by atoms with Crippen molar-refractivity contribution in [3.63, 3.8) is 0 Å². The Morgan fingerprint density at radius 1 is 0.897 bits per heavy atom. The zero-order chi connectivity index (χ0) is 47.7. The van der Waals surface area contributed by atoms with Crippen molar-refractivity contribution in [3.05, 3.63) is 101 Å². The minimum atomic E-state index is -1.37. The number of oxime groups is 1. The topological polar surface area (TPSA) is 141 Å². The highest BCUT2D eigenvalue weighted by atomic mass is 16.7. The molecule has 3 heterocycles. The molecule has 2 N–H and O–H groups in total. The van der Waals surface area contributed by atoms with Gasteiger partial charge in [-0.2, -0.15) is 0 Å². The minimum Gasteiger partial charge on any atom is -0.487 e. The standard InChI is InChI=1S/C56H77N3O9/c1-5-8-9-10-11-12-13-14-15-25-53(62)59(37-41-26-28-50-51(33-41)65-39-64-50)52-36-48(58-67-7-3)46-34-42(22-16-18-30-60)45(24-17-19-31-61)54-47-35-44(63-38-43-23-20-21-40(4)57-43)27-29-49(47)68-56(52,55(46)54)66-32-6-2/h6,20-21,23,26-29,33-35,42,45,52,54-55,60-61H,2,5,7-19,22,24-25,30-32,36-39H2,1,3-4H3/t42-,45+,52-,54+,55+,56+/m0/s1. The minimum absolute atomic E-state index is 0.0250. The Hall–Kier alpha value is -4.91. The van der Waals surface area contributed by atoms with Crippen LogP contribution >= 0.6 is 0 Å². The van der Waals surface area contributed by atoms with Crippen LogP contribution in [0.4, 0.5) is 0 Å². The number of allylic oxidation sites excluding steroid dienone is 1. The molecule has 4 aliphatic rings. The number of aliphatic hydroxyl groups excluding tert-OH is 2. The lowest BCUT2D eigenvalue weighted by Crippen LogP contribution is -2.70. The average Bonchev–Trinajstić information content (AvgIpc) is 3.82. The predicted molar refractivity (Wildman–Crippen MR) is 265 cm³/mol. The molecule has 2 aliphatic carbocycles. The molecule has 0 radical (unpaired) electrons. The highest BCUT2D eigenvalue weighted by molar-refractivity contribution is 6.03. The number of ether oxygens (including phenoxy) is 5. The van der Waals surface area contributed by atoms with Crippen molar-refractivity contribution in [3.8, 4) is 23.0 Å². The number of hydrogen-bond acceptors (Lipinski definition) is 11. The van der Waals surface area contributed by atoms with Gasteiger partial charge >= 0.3 is 0 Å². The van der Waals surface area contributed by atoms with Gasteiger partial charge < -0.3 is 43.6 Å². The fraction of sp³-hybridized carbons (Fsp3) is 0.589. The van der Waals surface area contributed by atoms with Crippen molar-refractivity contribution in [1.82, 2.24) is 9.88 Å². The van der Waals surface area contributed by atoms with Gasteiger partial charge in [-0.25, -0.2) is 0 Å². The summed E-state index contributed by atoms with van der Waals surface area (Å²) in [4.78, 5) is 27.9. The summed E-state index contributed by atoms with van der Waals surface area (Å²) in [6.07, 6.45) is 20.0. The summed E-state index contributed by atoms with van der Waals surface area (Å²) in [5, 5.41) is 24.9. The van der Waals surface area contributed by atoms with Crippen molar-refractivity contribution in [1.29, 1.82) is 0 Å². The molecule has 2 aliphatic heterocycles. The SMILES string of the molecule is C=CCO[C@@]12Oc3ccc(OCc4cccc(C)n4)cc3[C@H]3[C@H](CCCCO)[C@@H](CCCCO)C=C(C(=NOCC)C[C@@H]1N(Cc1ccc4c(c1)OCO4)C(=O)CCCCCCCCCCC)[C@H]32. The number of unbranched alkanes of at least 4 members (excludes halogenated alkanes) is 10. The Labute approximate surface area is 405 Å². The molecule has 1 fully saturated rings. The van der Waals surface area contributed by atoms with E-state index in [9.17, 15) is 10.2 Å². The number of fused-ring (bicyclic) bond motifs is 3. The lowest BCUT2D eigenvalue weighted by atomic mass is 9.55. The second-order valence-corrected chi connectivity index (χ2v) is 19.0. The Kier molecular flexibility index (Phi) is 19.2. The third-order valence-electron chi connectivity index (χ3n) is 14.3. The van der Waals surface area contributed by atoms with E-state index >= 15 is 4.79 Å². The van der Waals surface area contributed by atoms with Gasteiger partial charge in [0.25, 0.3) is 0 Å². The van der Waals surface area contributed by atoms with Crippen LogP contribution in [0.25, 0.3) is 0 Å². The van der Waals surface area contributed by atoms with Gasteiger partial charge in [0.05, 0.1) is 23.9 Å². The number of hydrogen-bond donors (Lipinski definition) is 2. The second kappa shape index (κ2) is 25.6. The number of pyridine rings is 1. The Balaban J connectivity index is 1.34. The van der Waals surface area contributed by atoms with Crippen LogP contribution in [-0.2, 0) is 27.5 Å². The summed E-state index contributed by atoms with van der Waals surface area (Å²) in [5.41, 5.74) is 5.47. The fourth-order valence-electron chi connectivity index (χ4n) is 11.1. The quantitative estimate of drug-likeness (QED) is 0.0392. The summed E-state index contributed by atoms with van der Waals surface area (Å²) >= 11 is 0. The number of rotatable bonds is 29. The van der Waals surface area contributed by atoms with Gasteiger partial charge in [-0.1, -0.05) is 101 Å². The molecule has 0 bridgehead atoms. The number of benzene rings is 2. The van der Waals surface area contributed by atoms with Crippen LogP contribution in [0.5, 0.6) is 23.0 Å². The Bertz CT molecular complexity index is 2160. The van der Waals surface area contributed by atoms with E-state index < -0.39 is 17.7 Å². The summed E-state index contributed by atoms with van der Waals surface area (Å²) < 4.78 is 32.8. The molecule has 1 aromatic heterocycles. The van der Waals surface area contributed by atoms with E-state index in [4.69, 9.17) is 33.7 Å². The van der Waals surface area contributed by atoms with Gasteiger partial charge in [0.1, 0.15) is 30.8 Å². The summed E-state index contributed by atoms with van der Waals surface area (Å²) in [6.45, 7) is 11.8. The van der Waals surface area contributed by atoms with Crippen molar-refractivity contribution >= 4 is 11.6 Å². The lowest BCUT2D eigenvalue weighted by Gasteiger charge is -2.60. The average molecular weight is 936 g/mol. The molecular formula is C56H77N3O9. The van der Waals surface area contributed by atoms with E-state index in [1.807, 2.05) is 67.3 Å². The molecular weight excluding hydrogens is 859 g/mol. The highest BCUT2D eigenvalue weighted by Gasteiger charge is 2.65. The van der Waals surface area contributed by atoms with E-state index in [0.29, 0.717) is 61.9 Å². The lowest BCUT2D eigenvalue weighted by molar-refractivity contribution is -0.258. The van der Waals surface area contributed by atoms with E-state index in [2.05, 4.69) is 30.6 Å². The van der Waals surface area contributed by atoms with E-state index in [0.717, 1.165) is 78.7 Å². The molecule has 12 nitrogen and oxygen atoms in total. The second-order valence-electron chi connectivity index (χ2n) is 19.0. The maximum absolute atomic E-state index is 15.3. The molecule has 0 unspecified atom stereocenters. The third-order valence-corrected chi connectivity index (χ3v) is 14.3. The first-order valence-corrected chi connectivity index (χ1v) is 25.8. The van der Waals surface area contributed by atoms with E-state index in [1.54, 1.807) is 6.08 Å². The van der Waals surface area contributed by atoms with Crippen LogP contribution in [-0.4, -0.2) is 76.8 Å². The molecule has 68 heavy (non-hydrogen) atoms. The Morgan fingerprint density at radius 2 is 1.65 bits per heavy atom. The van der Waals surface area contributed by atoms with Crippen LogP contribution in [0.2, 0.25) is 0 Å². The van der Waals surface area contributed by atoms with Crippen LogP contribution in [0.15, 0.2) is 84.1 Å². The fourth-order valence-corrected chi connectivity index (χ4v) is 11.1. The molecule has 3 aromatic rings. The van der Waals surface area contributed by atoms with Crippen molar-refractivity contribution in [2.24, 2.45) is 22.9 Å². The monoisotopic (exact) mass is 936 g/mol. The van der Waals surface area contributed by atoms with Gasteiger partial charge in [-0.15, -0.1) is 6.58 Å². The molecule has 7 rings (SSSR count). The third kappa shape index (κ3) is 12.5. The number of amides is 1. The molecule has 0 saturated heterocycles. The number of nitrogens with zero attached hydrogens (tertiary/aromatic N) is 3. The van der Waals surface area contributed by atoms with Crippen LogP contribution < -0.4 is 18.9 Å². The van der Waals surface area contributed by atoms with E-state index in [-0.39, 0.29) is 56.8 Å². The highest BCUT2D eigenvalue weighted by Crippen LogP contribution is 2.62. The molecule has 1 saturated carbocycles. The molecule has 1 amide bonds. The molecule has 0 spiro atoms.